The minimum atomic E-state index is -0.0959. The molecule has 0 saturated carbocycles. The molecule has 7 rings (SSSR count). The van der Waals surface area contributed by atoms with Gasteiger partial charge in [0, 0.05) is 47.9 Å². The fourth-order valence-electron chi connectivity index (χ4n) is 5.45. The van der Waals surface area contributed by atoms with Gasteiger partial charge in [-0.05, 0) is 31.0 Å². The van der Waals surface area contributed by atoms with Gasteiger partial charge < -0.3 is 25.3 Å². The van der Waals surface area contributed by atoms with Crippen LogP contribution in [0.25, 0.3) is 22.2 Å². The molecule has 6 heterocycles. The Labute approximate surface area is 196 Å². The maximum Gasteiger partial charge on any atom is 0.254 e. The van der Waals surface area contributed by atoms with Crippen LogP contribution >= 0.6 is 0 Å². The summed E-state index contributed by atoms with van der Waals surface area (Å²) in [5.74, 6) is 0.588. The average Bonchev–Trinajstić information content (AvgIpc) is 3.57. The standard InChI is InChI=1S/C26H24N6O2/c33-26-24-20(11-30-26)25(19-10-27-21-4-2-1-3-18(19)21)29-12-22(24)31-23-8-5-15(9-28-23)32-13-16-6-7-17(14-32)34-16/h1-5,8-10,12,16-17,27H,6-7,11,13-14H2,(H,28,31)(H,30,33). The van der Waals surface area contributed by atoms with E-state index in [9.17, 15) is 4.79 Å². The van der Waals surface area contributed by atoms with Gasteiger partial charge >= 0.3 is 0 Å². The van der Waals surface area contributed by atoms with Gasteiger partial charge in [0.15, 0.2) is 0 Å². The van der Waals surface area contributed by atoms with Crippen LogP contribution < -0.4 is 15.5 Å². The van der Waals surface area contributed by atoms with Crippen LogP contribution in [0.2, 0.25) is 0 Å². The second-order valence-corrected chi connectivity index (χ2v) is 9.19. The highest BCUT2D eigenvalue weighted by molar-refractivity contribution is 6.07. The van der Waals surface area contributed by atoms with Crippen LogP contribution in [0.1, 0.15) is 28.8 Å². The third kappa shape index (κ3) is 3.13. The van der Waals surface area contributed by atoms with Gasteiger partial charge in [-0.2, -0.15) is 0 Å². The summed E-state index contributed by atoms with van der Waals surface area (Å²) in [5, 5.41) is 7.37. The Morgan fingerprint density at radius 1 is 1.03 bits per heavy atom. The van der Waals surface area contributed by atoms with E-state index in [-0.39, 0.29) is 5.91 Å². The smallest absolute Gasteiger partial charge is 0.254 e. The van der Waals surface area contributed by atoms with E-state index in [2.05, 4.69) is 37.6 Å². The Balaban J connectivity index is 1.19. The van der Waals surface area contributed by atoms with Crippen molar-refractivity contribution < 1.29 is 9.53 Å². The lowest BCUT2D eigenvalue weighted by Gasteiger charge is -2.33. The number of aromatic nitrogens is 3. The number of rotatable bonds is 4. The lowest BCUT2D eigenvalue weighted by molar-refractivity contribution is 0.0305. The zero-order chi connectivity index (χ0) is 22.6. The topological polar surface area (TPSA) is 95.2 Å². The maximum absolute atomic E-state index is 12.8. The number of anilines is 3. The monoisotopic (exact) mass is 452 g/mol. The number of hydrogen-bond acceptors (Lipinski definition) is 6. The maximum atomic E-state index is 12.8. The molecule has 3 aromatic heterocycles. The van der Waals surface area contributed by atoms with Crippen LogP contribution in [0.15, 0.2) is 55.0 Å². The van der Waals surface area contributed by atoms with Crippen LogP contribution in [0.3, 0.4) is 0 Å². The number of nitrogens with zero attached hydrogens (tertiary/aromatic N) is 3. The van der Waals surface area contributed by atoms with Gasteiger partial charge in [0.25, 0.3) is 5.91 Å². The highest BCUT2D eigenvalue weighted by Crippen LogP contribution is 2.36. The van der Waals surface area contributed by atoms with E-state index in [1.807, 2.05) is 36.7 Å². The first kappa shape index (κ1) is 19.5. The number of H-pyrrole nitrogens is 1. The van der Waals surface area contributed by atoms with Gasteiger partial charge in [-0.15, -0.1) is 0 Å². The predicted octanol–water partition coefficient (Wildman–Crippen LogP) is 3.98. The third-order valence-electron chi connectivity index (χ3n) is 7.10. The molecule has 3 aliphatic heterocycles. The number of nitrogens with one attached hydrogen (secondary N) is 3. The van der Waals surface area contributed by atoms with E-state index in [1.54, 1.807) is 6.20 Å². The minimum absolute atomic E-state index is 0.0959. The Bertz CT molecular complexity index is 1400. The van der Waals surface area contributed by atoms with Crippen molar-refractivity contribution in [2.24, 2.45) is 0 Å². The molecule has 0 aliphatic carbocycles. The number of pyridine rings is 2. The lowest BCUT2D eigenvalue weighted by Crippen LogP contribution is -2.42. The van der Waals surface area contributed by atoms with Crippen molar-refractivity contribution in [2.75, 3.05) is 23.3 Å². The van der Waals surface area contributed by atoms with Crippen molar-refractivity contribution in [3.63, 3.8) is 0 Å². The zero-order valence-corrected chi connectivity index (χ0v) is 18.5. The molecule has 2 atom stereocenters. The van der Waals surface area contributed by atoms with Crippen LogP contribution in [-0.4, -0.2) is 46.2 Å². The van der Waals surface area contributed by atoms with Crippen molar-refractivity contribution in [1.82, 2.24) is 20.3 Å². The molecule has 1 amide bonds. The number of carbonyl (C=O) groups excluding carboxylic acids is 1. The summed E-state index contributed by atoms with van der Waals surface area (Å²) in [6.45, 7) is 2.28. The highest BCUT2D eigenvalue weighted by Gasteiger charge is 2.34. The second kappa shape index (κ2) is 7.56. The van der Waals surface area contributed by atoms with Crippen LogP contribution in [0.5, 0.6) is 0 Å². The van der Waals surface area contributed by atoms with Crippen molar-refractivity contribution >= 4 is 34.0 Å². The fourth-order valence-corrected chi connectivity index (χ4v) is 5.45. The Kier molecular flexibility index (Phi) is 4.35. The molecule has 34 heavy (non-hydrogen) atoms. The highest BCUT2D eigenvalue weighted by atomic mass is 16.5. The van der Waals surface area contributed by atoms with Gasteiger partial charge in [-0.25, -0.2) is 4.98 Å². The number of ether oxygens (including phenoxy) is 1. The number of carbonyl (C=O) groups is 1. The molecule has 1 aromatic carbocycles. The van der Waals surface area contributed by atoms with E-state index in [0.29, 0.717) is 35.8 Å². The van der Waals surface area contributed by atoms with Crippen molar-refractivity contribution in [1.29, 1.82) is 0 Å². The molecule has 2 fully saturated rings. The molecule has 0 radical (unpaired) electrons. The van der Waals surface area contributed by atoms with Crippen LogP contribution in [0, 0.1) is 0 Å². The summed E-state index contributed by atoms with van der Waals surface area (Å²) in [4.78, 5) is 27.8. The molecule has 8 heteroatoms. The largest absolute Gasteiger partial charge is 0.371 e. The number of aromatic amines is 1. The second-order valence-electron chi connectivity index (χ2n) is 9.19. The molecule has 2 saturated heterocycles. The van der Waals surface area contributed by atoms with Crippen LogP contribution in [-0.2, 0) is 11.3 Å². The number of benzene rings is 1. The number of morpholine rings is 1. The number of hydrogen-bond donors (Lipinski definition) is 3. The molecule has 2 unspecified atom stereocenters. The molecule has 3 aliphatic rings. The summed E-state index contributed by atoms with van der Waals surface area (Å²) in [6, 6.07) is 12.1. The molecule has 0 spiro atoms. The lowest BCUT2D eigenvalue weighted by atomic mass is 10.0. The fraction of sp³-hybridized carbons (Fsp3) is 0.269. The Morgan fingerprint density at radius 2 is 1.88 bits per heavy atom. The summed E-state index contributed by atoms with van der Waals surface area (Å²) in [6.07, 6.45) is 8.53. The molecule has 4 aromatic rings. The molecular weight excluding hydrogens is 428 g/mol. The Morgan fingerprint density at radius 3 is 2.71 bits per heavy atom. The van der Waals surface area contributed by atoms with Crippen molar-refractivity contribution in [3.05, 3.63) is 66.1 Å². The summed E-state index contributed by atoms with van der Waals surface area (Å²) >= 11 is 0. The number of amides is 1. The van der Waals surface area contributed by atoms with Crippen LogP contribution in [0.4, 0.5) is 17.2 Å². The van der Waals surface area contributed by atoms with Gasteiger partial charge in [0.1, 0.15) is 5.82 Å². The minimum Gasteiger partial charge on any atom is -0.371 e. The molecule has 8 nitrogen and oxygen atoms in total. The van der Waals surface area contributed by atoms with E-state index in [0.717, 1.165) is 59.3 Å². The number of para-hydroxylation sites is 1. The van der Waals surface area contributed by atoms with Crippen molar-refractivity contribution in [3.8, 4) is 11.3 Å². The van der Waals surface area contributed by atoms with Gasteiger partial charge in [0.2, 0.25) is 0 Å². The van der Waals surface area contributed by atoms with E-state index in [4.69, 9.17) is 9.72 Å². The SMILES string of the molecule is O=C1NCc2c(-c3c[nH]c4ccccc34)ncc(Nc3ccc(N4CC5CCC(C4)O5)cn3)c21. The molecule has 2 bridgehead atoms. The predicted molar refractivity (Wildman–Crippen MR) is 130 cm³/mol. The van der Waals surface area contributed by atoms with Gasteiger partial charge in [-0.1, -0.05) is 18.2 Å². The summed E-state index contributed by atoms with van der Waals surface area (Å²) in [5.41, 5.74) is 6.16. The first-order valence-electron chi connectivity index (χ1n) is 11.7. The number of fused-ring (bicyclic) bond motifs is 4. The normalized spacial score (nSPS) is 21.1. The van der Waals surface area contributed by atoms with Gasteiger partial charge in [0.05, 0.1) is 47.2 Å². The molecule has 3 N–H and O–H groups in total. The third-order valence-corrected chi connectivity index (χ3v) is 7.10. The van der Waals surface area contributed by atoms with E-state index >= 15 is 0 Å². The van der Waals surface area contributed by atoms with E-state index in [1.165, 1.54) is 0 Å². The zero-order valence-electron chi connectivity index (χ0n) is 18.5. The molecular formula is C26H24N6O2. The Hall–Kier alpha value is -3.91. The summed E-state index contributed by atoms with van der Waals surface area (Å²) < 4.78 is 5.94. The molecule has 170 valence electrons. The first-order valence-corrected chi connectivity index (χ1v) is 11.7. The quantitative estimate of drug-likeness (QED) is 0.434. The van der Waals surface area contributed by atoms with Gasteiger partial charge in [-0.3, -0.25) is 9.78 Å². The average molecular weight is 453 g/mol. The summed E-state index contributed by atoms with van der Waals surface area (Å²) in [7, 11) is 0. The van der Waals surface area contributed by atoms with E-state index < -0.39 is 0 Å². The van der Waals surface area contributed by atoms with Crippen molar-refractivity contribution in [2.45, 2.75) is 31.6 Å². The first-order chi connectivity index (χ1) is 16.7.